The molecule has 0 amide bonds. The lowest BCUT2D eigenvalue weighted by molar-refractivity contribution is 0.477. The largest absolute Gasteiger partial charge is 0.506 e. The van der Waals surface area contributed by atoms with E-state index in [1.807, 2.05) is 60.7 Å². The fourth-order valence-electron chi connectivity index (χ4n) is 3.37. The van der Waals surface area contributed by atoms with E-state index in [4.69, 9.17) is 11.5 Å². The Morgan fingerprint density at radius 1 is 0.567 bits per heavy atom. The predicted octanol–water partition coefficient (Wildman–Crippen LogP) is 5.00. The first-order valence-electron chi connectivity index (χ1n) is 9.42. The van der Waals surface area contributed by atoms with E-state index in [0.717, 1.165) is 22.3 Å². The van der Waals surface area contributed by atoms with Crippen LogP contribution in [0, 0.1) is 11.8 Å². The Bertz CT molecular complexity index is 1270. The maximum Gasteiger partial charge on any atom is 0.139 e. The van der Waals surface area contributed by atoms with Gasteiger partial charge in [0, 0.05) is 16.7 Å². The molecule has 0 heterocycles. The van der Waals surface area contributed by atoms with Gasteiger partial charge in [0.25, 0.3) is 0 Å². The molecular formula is C26H20N2O2. The van der Waals surface area contributed by atoms with Crippen molar-refractivity contribution in [2.45, 2.75) is 0 Å². The Morgan fingerprint density at radius 2 is 1.13 bits per heavy atom. The van der Waals surface area contributed by atoms with Gasteiger partial charge in [-0.05, 0) is 47.5 Å². The van der Waals surface area contributed by atoms with Gasteiger partial charge in [-0.1, -0.05) is 60.4 Å². The highest BCUT2D eigenvalue weighted by Gasteiger charge is 2.18. The quantitative estimate of drug-likeness (QED) is 0.219. The van der Waals surface area contributed by atoms with Crippen LogP contribution in [-0.2, 0) is 0 Å². The van der Waals surface area contributed by atoms with Crippen LogP contribution in [0.3, 0.4) is 0 Å². The van der Waals surface area contributed by atoms with Gasteiger partial charge in [0.1, 0.15) is 11.5 Å². The van der Waals surface area contributed by atoms with Crippen molar-refractivity contribution in [1.82, 2.24) is 0 Å². The molecule has 4 rings (SSSR count). The molecule has 0 unspecified atom stereocenters. The Kier molecular flexibility index (Phi) is 5.02. The van der Waals surface area contributed by atoms with Crippen molar-refractivity contribution in [3.63, 3.8) is 0 Å². The molecule has 0 radical (unpaired) electrons. The highest BCUT2D eigenvalue weighted by molar-refractivity contribution is 5.96. The Hall–Kier alpha value is -4.36. The van der Waals surface area contributed by atoms with Gasteiger partial charge in [0.2, 0.25) is 0 Å². The monoisotopic (exact) mass is 392 g/mol. The maximum atomic E-state index is 10.2. The zero-order valence-corrected chi connectivity index (χ0v) is 16.1. The van der Waals surface area contributed by atoms with Crippen LogP contribution in [-0.4, -0.2) is 10.2 Å². The lowest BCUT2D eigenvalue weighted by atomic mass is 9.89. The third-order valence-electron chi connectivity index (χ3n) is 4.90. The first kappa shape index (κ1) is 19.0. The van der Waals surface area contributed by atoms with E-state index in [1.54, 1.807) is 18.2 Å². The van der Waals surface area contributed by atoms with Crippen LogP contribution >= 0.6 is 0 Å². The summed E-state index contributed by atoms with van der Waals surface area (Å²) >= 11 is 0. The predicted molar refractivity (Wildman–Crippen MR) is 122 cm³/mol. The number of aromatic hydroxyl groups is 2. The van der Waals surface area contributed by atoms with E-state index >= 15 is 0 Å². The van der Waals surface area contributed by atoms with Gasteiger partial charge in [-0.3, -0.25) is 0 Å². The van der Waals surface area contributed by atoms with E-state index in [0.29, 0.717) is 11.1 Å². The molecule has 0 aliphatic carbocycles. The van der Waals surface area contributed by atoms with Crippen molar-refractivity contribution in [1.29, 1.82) is 0 Å². The zero-order valence-electron chi connectivity index (χ0n) is 16.1. The molecule has 0 saturated carbocycles. The molecule has 0 atom stereocenters. The van der Waals surface area contributed by atoms with E-state index < -0.39 is 0 Å². The summed E-state index contributed by atoms with van der Waals surface area (Å²) in [5, 5.41) is 20.4. The third kappa shape index (κ3) is 3.52. The van der Waals surface area contributed by atoms with Crippen molar-refractivity contribution in [2.24, 2.45) is 0 Å². The molecular weight excluding hydrogens is 372 g/mol. The van der Waals surface area contributed by atoms with Gasteiger partial charge in [-0.25, -0.2) is 0 Å². The summed E-state index contributed by atoms with van der Waals surface area (Å²) in [6.07, 6.45) is 0. The molecule has 30 heavy (non-hydrogen) atoms. The van der Waals surface area contributed by atoms with Gasteiger partial charge in [-0.15, -0.1) is 0 Å². The summed E-state index contributed by atoms with van der Waals surface area (Å²) in [7, 11) is 0. The summed E-state index contributed by atoms with van der Waals surface area (Å²) in [6, 6.07) is 25.8. The number of phenolic OH excluding ortho intramolecular Hbond substituents is 2. The van der Waals surface area contributed by atoms with Crippen molar-refractivity contribution in [3.05, 3.63) is 96.1 Å². The summed E-state index contributed by atoms with van der Waals surface area (Å²) in [5.41, 5.74) is 17.3. The van der Waals surface area contributed by atoms with E-state index in [2.05, 4.69) is 11.8 Å². The second kappa shape index (κ2) is 7.94. The molecule has 6 N–H and O–H groups in total. The fourth-order valence-corrected chi connectivity index (χ4v) is 3.37. The van der Waals surface area contributed by atoms with Crippen molar-refractivity contribution in [3.8, 4) is 45.6 Å². The average molecular weight is 392 g/mol. The van der Waals surface area contributed by atoms with Gasteiger partial charge >= 0.3 is 0 Å². The molecule has 0 spiro atoms. The third-order valence-corrected chi connectivity index (χ3v) is 4.90. The molecule has 4 heteroatoms. The van der Waals surface area contributed by atoms with Crippen molar-refractivity contribution in [2.75, 3.05) is 11.5 Å². The number of phenols is 2. The lowest BCUT2D eigenvalue weighted by Gasteiger charge is -2.17. The number of anilines is 2. The Labute approximate surface area is 175 Å². The first-order valence-corrected chi connectivity index (χ1v) is 9.42. The lowest BCUT2D eigenvalue weighted by Crippen LogP contribution is -1.98. The standard InChI is InChI=1S/C26H20N2O2/c27-25-21(12-11-17-7-3-1-4-8-17)19(13-15-22(25)29)20-14-16-23(30)26(28)24(20)18-9-5-2-6-10-18/h1-10,13-16,29-30H,27-28H2. The summed E-state index contributed by atoms with van der Waals surface area (Å²) in [4.78, 5) is 0. The summed E-state index contributed by atoms with van der Waals surface area (Å²) < 4.78 is 0. The van der Waals surface area contributed by atoms with Crippen LogP contribution in [0.1, 0.15) is 11.1 Å². The second-order valence-electron chi connectivity index (χ2n) is 6.82. The van der Waals surface area contributed by atoms with Crippen LogP contribution in [0.5, 0.6) is 11.5 Å². The number of hydrogen-bond donors (Lipinski definition) is 4. The molecule has 0 bridgehead atoms. The highest BCUT2D eigenvalue weighted by Crippen LogP contribution is 2.43. The number of benzene rings is 4. The number of nitrogens with two attached hydrogens (primary N) is 2. The van der Waals surface area contributed by atoms with E-state index in [1.165, 1.54) is 6.07 Å². The molecule has 0 aliphatic rings. The summed E-state index contributed by atoms with van der Waals surface area (Å²) in [6.45, 7) is 0. The zero-order chi connectivity index (χ0) is 21.1. The van der Waals surface area contributed by atoms with Crippen LogP contribution in [0.2, 0.25) is 0 Å². The van der Waals surface area contributed by atoms with Crippen LogP contribution in [0.25, 0.3) is 22.3 Å². The van der Waals surface area contributed by atoms with E-state index in [9.17, 15) is 10.2 Å². The average Bonchev–Trinajstić information content (AvgIpc) is 2.78. The van der Waals surface area contributed by atoms with Crippen LogP contribution < -0.4 is 11.5 Å². The smallest absolute Gasteiger partial charge is 0.139 e. The molecule has 0 saturated heterocycles. The topological polar surface area (TPSA) is 92.5 Å². The number of hydrogen-bond acceptors (Lipinski definition) is 4. The maximum absolute atomic E-state index is 10.2. The van der Waals surface area contributed by atoms with Crippen molar-refractivity contribution >= 4 is 11.4 Å². The normalized spacial score (nSPS) is 10.3. The molecule has 4 aromatic rings. The van der Waals surface area contributed by atoms with Gasteiger partial charge < -0.3 is 21.7 Å². The SMILES string of the molecule is Nc1c(O)ccc(-c2ccc(O)c(N)c2-c2ccccc2)c1C#Cc1ccccc1. The molecule has 4 aromatic carbocycles. The Balaban J connectivity index is 1.98. The number of rotatable bonds is 2. The fraction of sp³-hybridized carbons (Fsp3) is 0. The Morgan fingerprint density at radius 3 is 1.80 bits per heavy atom. The van der Waals surface area contributed by atoms with Gasteiger partial charge in [0.15, 0.2) is 0 Å². The van der Waals surface area contributed by atoms with Gasteiger partial charge in [-0.2, -0.15) is 0 Å². The second-order valence-corrected chi connectivity index (χ2v) is 6.82. The van der Waals surface area contributed by atoms with Gasteiger partial charge in [0.05, 0.1) is 16.9 Å². The molecule has 146 valence electrons. The number of nitrogen functional groups attached to an aromatic ring is 2. The van der Waals surface area contributed by atoms with Crippen molar-refractivity contribution < 1.29 is 10.2 Å². The highest BCUT2D eigenvalue weighted by atomic mass is 16.3. The molecule has 0 aliphatic heterocycles. The van der Waals surface area contributed by atoms with E-state index in [-0.39, 0.29) is 22.9 Å². The minimum absolute atomic E-state index is 0.00118. The molecule has 0 aromatic heterocycles. The minimum Gasteiger partial charge on any atom is -0.506 e. The summed E-state index contributed by atoms with van der Waals surface area (Å²) in [5.74, 6) is 6.18. The van der Waals surface area contributed by atoms with Crippen LogP contribution in [0.15, 0.2) is 84.9 Å². The first-order chi connectivity index (χ1) is 14.6. The minimum atomic E-state index is -0.0378. The molecule has 0 fully saturated rings. The molecule has 4 nitrogen and oxygen atoms in total. The van der Waals surface area contributed by atoms with Crippen LogP contribution in [0.4, 0.5) is 11.4 Å².